The summed E-state index contributed by atoms with van der Waals surface area (Å²) >= 11 is 0. The van der Waals surface area contributed by atoms with Crippen molar-refractivity contribution < 1.29 is 4.74 Å². The molecular weight excluding hydrogens is 513 g/mol. The smallest absolute Gasteiger partial charge is 0.191 e. The Balaban J connectivity index is 0.00000289. The lowest BCUT2D eigenvalue weighted by Gasteiger charge is -2.27. The molecule has 32 heavy (non-hydrogen) atoms. The van der Waals surface area contributed by atoms with Gasteiger partial charge in [-0.05, 0) is 36.6 Å². The van der Waals surface area contributed by atoms with Gasteiger partial charge in [-0.15, -0.1) is 24.0 Å². The summed E-state index contributed by atoms with van der Waals surface area (Å²) in [6.45, 7) is 9.62. The number of nitrogens with one attached hydrogen (secondary N) is 2. The molecule has 4 rings (SSSR count). The van der Waals surface area contributed by atoms with Crippen molar-refractivity contribution in [2.24, 2.45) is 4.99 Å². The van der Waals surface area contributed by atoms with E-state index in [1.165, 1.54) is 22.4 Å². The van der Waals surface area contributed by atoms with E-state index in [1.807, 2.05) is 7.05 Å². The summed E-state index contributed by atoms with van der Waals surface area (Å²) in [5.41, 5.74) is 5.30. The molecule has 1 atom stereocenters. The van der Waals surface area contributed by atoms with Crippen molar-refractivity contribution in [1.82, 2.24) is 15.5 Å². The first-order chi connectivity index (χ1) is 15.2. The summed E-state index contributed by atoms with van der Waals surface area (Å²) < 4.78 is 5.48. The molecule has 0 bridgehead atoms. The largest absolute Gasteiger partial charge is 0.379 e. The van der Waals surface area contributed by atoms with Gasteiger partial charge in [0.1, 0.15) is 0 Å². The van der Waals surface area contributed by atoms with E-state index >= 15 is 0 Å². The van der Waals surface area contributed by atoms with Crippen LogP contribution in [0.15, 0.2) is 53.5 Å². The van der Waals surface area contributed by atoms with Gasteiger partial charge in [0.2, 0.25) is 0 Å². The van der Waals surface area contributed by atoms with E-state index in [2.05, 4.69) is 80.9 Å². The third-order valence-electron chi connectivity index (χ3n) is 6.21. The van der Waals surface area contributed by atoms with E-state index < -0.39 is 0 Å². The Morgan fingerprint density at radius 2 is 1.75 bits per heavy atom. The number of hydrogen-bond acceptors (Lipinski definition) is 4. The summed E-state index contributed by atoms with van der Waals surface area (Å²) in [5.74, 6) is 0.872. The van der Waals surface area contributed by atoms with Crippen LogP contribution in [-0.4, -0.2) is 63.3 Å². The van der Waals surface area contributed by atoms with Crippen molar-refractivity contribution in [3.05, 3.63) is 65.2 Å². The molecule has 2 heterocycles. The SMILES string of the molecule is CN=C(NCc1ccccc1CN1CCOCC1)NC1CCN(c2ccc(C)cc2)C1.I. The number of benzene rings is 2. The molecule has 7 heteroatoms. The zero-order valence-corrected chi connectivity index (χ0v) is 21.5. The maximum Gasteiger partial charge on any atom is 0.191 e. The van der Waals surface area contributed by atoms with Gasteiger partial charge in [0.15, 0.2) is 5.96 Å². The fourth-order valence-electron chi connectivity index (χ4n) is 4.32. The van der Waals surface area contributed by atoms with E-state index in [4.69, 9.17) is 4.74 Å². The fraction of sp³-hybridized carbons (Fsp3) is 0.480. The first kappa shape index (κ1) is 24.8. The lowest BCUT2D eigenvalue weighted by atomic mass is 10.1. The van der Waals surface area contributed by atoms with Gasteiger partial charge in [0.25, 0.3) is 0 Å². The highest BCUT2D eigenvalue weighted by Gasteiger charge is 2.23. The van der Waals surface area contributed by atoms with Crippen molar-refractivity contribution in [2.75, 3.05) is 51.3 Å². The minimum atomic E-state index is 0. The average molecular weight is 550 g/mol. The minimum absolute atomic E-state index is 0. The van der Waals surface area contributed by atoms with Crippen LogP contribution in [0.4, 0.5) is 5.69 Å². The molecule has 2 saturated heterocycles. The van der Waals surface area contributed by atoms with Crippen LogP contribution in [0.25, 0.3) is 0 Å². The highest BCUT2D eigenvalue weighted by Crippen LogP contribution is 2.20. The molecular formula is C25H36IN5O. The second kappa shape index (κ2) is 12.4. The molecule has 2 fully saturated rings. The molecule has 0 aromatic heterocycles. The quantitative estimate of drug-likeness (QED) is 0.329. The number of hydrogen-bond donors (Lipinski definition) is 2. The number of guanidine groups is 1. The van der Waals surface area contributed by atoms with Crippen molar-refractivity contribution in [1.29, 1.82) is 0 Å². The molecule has 6 nitrogen and oxygen atoms in total. The third-order valence-corrected chi connectivity index (χ3v) is 6.21. The Morgan fingerprint density at radius 1 is 1.03 bits per heavy atom. The molecule has 2 aliphatic rings. The number of halogens is 1. The van der Waals surface area contributed by atoms with Gasteiger partial charge >= 0.3 is 0 Å². The molecule has 2 N–H and O–H groups in total. The molecule has 174 valence electrons. The van der Waals surface area contributed by atoms with Crippen molar-refractivity contribution in [2.45, 2.75) is 32.5 Å². The fourth-order valence-corrected chi connectivity index (χ4v) is 4.32. The molecule has 0 radical (unpaired) electrons. The molecule has 0 spiro atoms. The van der Waals surface area contributed by atoms with Gasteiger partial charge in [-0.2, -0.15) is 0 Å². The van der Waals surface area contributed by atoms with Crippen LogP contribution in [0, 0.1) is 6.92 Å². The zero-order chi connectivity index (χ0) is 21.5. The number of rotatable bonds is 6. The molecule has 1 unspecified atom stereocenters. The topological polar surface area (TPSA) is 52.1 Å². The summed E-state index contributed by atoms with van der Waals surface area (Å²) in [6.07, 6.45) is 1.11. The van der Waals surface area contributed by atoms with Gasteiger partial charge in [0.05, 0.1) is 13.2 Å². The minimum Gasteiger partial charge on any atom is -0.379 e. The van der Waals surface area contributed by atoms with Crippen LogP contribution < -0.4 is 15.5 Å². The van der Waals surface area contributed by atoms with Crippen LogP contribution in [0.1, 0.15) is 23.1 Å². The van der Waals surface area contributed by atoms with Gasteiger partial charge in [-0.3, -0.25) is 9.89 Å². The predicted molar refractivity (Wildman–Crippen MR) is 143 cm³/mol. The number of nitrogens with zero attached hydrogens (tertiary/aromatic N) is 3. The first-order valence-electron chi connectivity index (χ1n) is 11.4. The molecule has 0 saturated carbocycles. The Bertz CT molecular complexity index is 867. The maximum absolute atomic E-state index is 5.48. The maximum atomic E-state index is 5.48. The predicted octanol–water partition coefficient (Wildman–Crippen LogP) is 3.39. The Kier molecular flexibility index (Phi) is 9.62. The normalized spacial score (nSPS) is 19.5. The second-order valence-corrected chi connectivity index (χ2v) is 8.49. The monoisotopic (exact) mass is 549 g/mol. The lowest BCUT2D eigenvalue weighted by molar-refractivity contribution is 0.0341. The Labute approximate surface area is 209 Å². The summed E-state index contributed by atoms with van der Waals surface area (Å²) in [6, 6.07) is 17.9. The van der Waals surface area contributed by atoms with Gasteiger partial charge < -0.3 is 20.3 Å². The number of anilines is 1. The molecule has 2 aliphatic heterocycles. The van der Waals surface area contributed by atoms with Crippen molar-refractivity contribution in [3.8, 4) is 0 Å². The van der Waals surface area contributed by atoms with Crippen LogP contribution in [0.3, 0.4) is 0 Å². The van der Waals surface area contributed by atoms with Crippen LogP contribution in [0.5, 0.6) is 0 Å². The van der Waals surface area contributed by atoms with Crippen LogP contribution in [-0.2, 0) is 17.8 Å². The van der Waals surface area contributed by atoms with E-state index in [0.717, 1.165) is 64.9 Å². The summed E-state index contributed by atoms with van der Waals surface area (Å²) in [4.78, 5) is 9.38. The van der Waals surface area contributed by atoms with E-state index in [9.17, 15) is 0 Å². The Hall–Kier alpha value is -1.84. The highest BCUT2D eigenvalue weighted by molar-refractivity contribution is 14.0. The average Bonchev–Trinajstić information content (AvgIpc) is 3.27. The van der Waals surface area contributed by atoms with Gasteiger partial charge in [-0.25, -0.2) is 0 Å². The number of morpholine rings is 1. The first-order valence-corrected chi connectivity index (χ1v) is 11.4. The number of aliphatic imine (C=N–C) groups is 1. The van der Waals surface area contributed by atoms with E-state index in [-0.39, 0.29) is 24.0 Å². The van der Waals surface area contributed by atoms with Gasteiger partial charge in [0, 0.05) is 58.0 Å². The molecule has 0 amide bonds. The van der Waals surface area contributed by atoms with Crippen molar-refractivity contribution >= 4 is 35.6 Å². The van der Waals surface area contributed by atoms with Crippen molar-refractivity contribution in [3.63, 3.8) is 0 Å². The zero-order valence-electron chi connectivity index (χ0n) is 19.2. The Morgan fingerprint density at radius 3 is 2.47 bits per heavy atom. The van der Waals surface area contributed by atoms with Crippen LogP contribution in [0.2, 0.25) is 0 Å². The lowest BCUT2D eigenvalue weighted by Crippen LogP contribution is -2.44. The van der Waals surface area contributed by atoms with Crippen LogP contribution >= 0.6 is 24.0 Å². The number of aryl methyl sites for hydroxylation is 1. The second-order valence-electron chi connectivity index (χ2n) is 8.49. The van der Waals surface area contributed by atoms with E-state index in [1.54, 1.807) is 0 Å². The highest BCUT2D eigenvalue weighted by atomic mass is 127. The number of ether oxygens (including phenoxy) is 1. The molecule has 2 aromatic rings. The summed E-state index contributed by atoms with van der Waals surface area (Å²) in [5, 5.41) is 7.15. The standard InChI is InChI=1S/C25H35N5O.HI/c1-20-7-9-24(10-8-20)30-12-11-23(19-30)28-25(26-2)27-17-21-5-3-4-6-22(21)18-29-13-15-31-16-14-29;/h3-10,23H,11-19H2,1-2H3,(H2,26,27,28);1H. The van der Waals surface area contributed by atoms with Gasteiger partial charge in [-0.1, -0.05) is 42.0 Å². The molecule has 0 aliphatic carbocycles. The molecule has 2 aromatic carbocycles. The third kappa shape index (κ3) is 6.83. The summed E-state index contributed by atoms with van der Waals surface area (Å²) in [7, 11) is 1.85. The van der Waals surface area contributed by atoms with E-state index in [0.29, 0.717) is 6.04 Å².